The molecule has 0 amide bonds. The molecule has 0 aliphatic carbocycles. The van der Waals surface area contributed by atoms with Gasteiger partial charge in [0.2, 0.25) is 5.75 Å². The largest absolute Gasteiger partial charge is 0.504 e. The van der Waals surface area contributed by atoms with Crippen molar-refractivity contribution in [3.8, 4) is 17.2 Å². The molecule has 3 aromatic rings. The summed E-state index contributed by atoms with van der Waals surface area (Å²) < 4.78 is 13.5. The van der Waals surface area contributed by atoms with Gasteiger partial charge in [0.05, 0.1) is 12.1 Å². The normalized spacial score (nSPS) is 11.1. The maximum atomic E-state index is 13.3. The Bertz CT molecular complexity index is 1060. The molecular weight excluding hydrogens is 414 g/mol. The Labute approximate surface area is 197 Å². The molecule has 0 aliphatic heterocycles. The molecule has 5 heteroatoms. The zero-order valence-electron chi connectivity index (χ0n) is 20.0. The quantitative estimate of drug-likeness (QED) is 0.273. The highest BCUT2D eigenvalue weighted by Gasteiger charge is 2.18. The van der Waals surface area contributed by atoms with Crippen molar-refractivity contribution in [2.24, 2.45) is 0 Å². The number of rotatable bonds is 14. The first-order valence-electron chi connectivity index (χ1n) is 12.3. The van der Waals surface area contributed by atoms with E-state index in [0.717, 1.165) is 56.9 Å². The number of unbranched alkanes of at least 4 members (excludes halogenated alkanes) is 6. The fraction of sp³-hybridized carbons (Fsp3) is 0.464. The Hall–Kier alpha value is -2.95. The summed E-state index contributed by atoms with van der Waals surface area (Å²) in [7, 11) is 0. The summed E-state index contributed by atoms with van der Waals surface area (Å²) in [6.45, 7) is 5.79. The SMILES string of the molecule is CCCCCCOc1c(O)c2ccc(OCc3ccccc3)cc2n(CCCCCC)c1=O. The van der Waals surface area contributed by atoms with Crippen LogP contribution in [-0.2, 0) is 13.2 Å². The lowest BCUT2D eigenvalue weighted by Crippen LogP contribution is -2.23. The van der Waals surface area contributed by atoms with Crippen LogP contribution in [0.4, 0.5) is 0 Å². The number of fused-ring (bicyclic) bond motifs is 1. The van der Waals surface area contributed by atoms with Gasteiger partial charge in [0, 0.05) is 18.0 Å². The molecule has 0 atom stereocenters. The van der Waals surface area contributed by atoms with E-state index in [0.29, 0.717) is 36.4 Å². The molecule has 0 aliphatic rings. The van der Waals surface area contributed by atoms with Crippen molar-refractivity contribution < 1.29 is 14.6 Å². The summed E-state index contributed by atoms with van der Waals surface area (Å²) in [5.74, 6) is 0.651. The van der Waals surface area contributed by atoms with Crippen molar-refractivity contribution in [3.63, 3.8) is 0 Å². The van der Waals surface area contributed by atoms with Crippen LogP contribution in [0.2, 0.25) is 0 Å². The predicted octanol–water partition coefficient (Wildman–Crippen LogP) is 6.83. The molecule has 33 heavy (non-hydrogen) atoms. The number of aromatic hydroxyl groups is 1. The Balaban J connectivity index is 1.89. The molecule has 1 heterocycles. The molecule has 0 fully saturated rings. The number of ether oxygens (including phenoxy) is 2. The van der Waals surface area contributed by atoms with Crippen molar-refractivity contribution in [2.75, 3.05) is 6.61 Å². The number of aromatic nitrogens is 1. The first-order valence-corrected chi connectivity index (χ1v) is 12.3. The molecule has 0 radical (unpaired) electrons. The van der Waals surface area contributed by atoms with Gasteiger partial charge in [-0.1, -0.05) is 82.7 Å². The molecule has 0 unspecified atom stereocenters. The van der Waals surface area contributed by atoms with E-state index in [2.05, 4.69) is 13.8 Å². The molecule has 0 saturated carbocycles. The Kier molecular flexibility index (Phi) is 9.67. The topological polar surface area (TPSA) is 60.7 Å². The van der Waals surface area contributed by atoms with E-state index >= 15 is 0 Å². The highest BCUT2D eigenvalue weighted by atomic mass is 16.5. The van der Waals surface area contributed by atoms with Crippen LogP contribution in [-0.4, -0.2) is 16.3 Å². The average molecular weight is 452 g/mol. The zero-order valence-corrected chi connectivity index (χ0v) is 20.0. The second kappa shape index (κ2) is 12.9. The second-order valence-corrected chi connectivity index (χ2v) is 8.56. The smallest absolute Gasteiger partial charge is 0.297 e. The Morgan fingerprint density at radius 3 is 2.30 bits per heavy atom. The van der Waals surface area contributed by atoms with Crippen LogP contribution in [0.5, 0.6) is 17.2 Å². The van der Waals surface area contributed by atoms with E-state index in [4.69, 9.17) is 9.47 Å². The molecular formula is C28H37NO4. The molecule has 0 spiro atoms. The third kappa shape index (κ3) is 6.77. The third-order valence-electron chi connectivity index (χ3n) is 5.90. The molecule has 5 nitrogen and oxygen atoms in total. The minimum absolute atomic E-state index is 0.0624. The van der Waals surface area contributed by atoms with Crippen molar-refractivity contribution in [3.05, 3.63) is 64.4 Å². The van der Waals surface area contributed by atoms with Gasteiger partial charge in [-0.25, -0.2) is 0 Å². The maximum absolute atomic E-state index is 13.3. The van der Waals surface area contributed by atoms with Crippen molar-refractivity contribution >= 4 is 10.9 Å². The van der Waals surface area contributed by atoms with Crippen LogP contribution in [0.15, 0.2) is 53.3 Å². The van der Waals surface area contributed by atoms with Gasteiger partial charge in [0.25, 0.3) is 5.56 Å². The number of aryl methyl sites for hydroxylation is 1. The predicted molar refractivity (Wildman–Crippen MR) is 134 cm³/mol. The molecule has 0 bridgehead atoms. The number of hydrogen-bond donors (Lipinski definition) is 1. The van der Waals surface area contributed by atoms with Crippen LogP contribution in [0.25, 0.3) is 10.9 Å². The standard InChI is InChI=1S/C28H37NO4/c1-3-5-7-12-18-29-25-20-23(33-21-22-14-10-9-11-15-22)16-17-24(25)26(30)27(28(29)31)32-19-13-8-6-4-2/h9-11,14-17,20,30H,3-8,12-13,18-19,21H2,1-2H3. The summed E-state index contributed by atoms with van der Waals surface area (Å²) in [5, 5.41) is 11.5. The molecule has 1 N–H and O–H groups in total. The van der Waals surface area contributed by atoms with E-state index in [1.807, 2.05) is 48.5 Å². The van der Waals surface area contributed by atoms with E-state index in [9.17, 15) is 9.90 Å². The first kappa shape index (κ1) is 24.7. The third-order valence-corrected chi connectivity index (χ3v) is 5.90. The number of hydrogen-bond acceptors (Lipinski definition) is 4. The summed E-state index contributed by atoms with van der Waals surface area (Å²) in [4.78, 5) is 13.3. The lowest BCUT2D eigenvalue weighted by atomic mass is 10.1. The second-order valence-electron chi connectivity index (χ2n) is 8.56. The van der Waals surface area contributed by atoms with Crippen LogP contribution < -0.4 is 15.0 Å². The molecule has 2 aromatic carbocycles. The van der Waals surface area contributed by atoms with Gasteiger partial charge in [-0.15, -0.1) is 0 Å². The summed E-state index contributed by atoms with van der Waals surface area (Å²) in [6.07, 6.45) is 8.43. The average Bonchev–Trinajstić information content (AvgIpc) is 2.84. The van der Waals surface area contributed by atoms with Gasteiger partial charge in [0.1, 0.15) is 12.4 Å². The Morgan fingerprint density at radius 1 is 0.848 bits per heavy atom. The van der Waals surface area contributed by atoms with Crippen LogP contribution >= 0.6 is 0 Å². The van der Waals surface area contributed by atoms with Crippen molar-refractivity contribution in [1.29, 1.82) is 0 Å². The summed E-state index contributed by atoms with van der Waals surface area (Å²) in [5.41, 5.74) is 1.48. The van der Waals surface area contributed by atoms with Crippen LogP contribution in [0.1, 0.15) is 70.8 Å². The molecule has 1 aromatic heterocycles. The summed E-state index contributed by atoms with van der Waals surface area (Å²) in [6, 6.07) is 15.5. The van der Waals surface area contributed by atoms with E-state index in [-0.39, 0.29) is 17.1 Å². The highest BCUT2D eigenvalue weighted by molar-refractivity contribution is 5.88. The lowest BCUT2D eigenvalue weighted by molar-refractivity contribution is 0.284. The van der Waals surface area contributed by atoms with Crippen molar-refractivity contribution in [1.82, 2.24) is 4.57 Å². The highest BCUT2D eigenvalue weighted by Crippen LogP contribution is 2.34. The summed E-state index contributed by atoms with van der Waals surface area (Å²) >= 11 is 0. The van der Waals surface area contributed by atoms with Gasteiger partial charge >= 0.3 is 0 Å². The monoisotopic (exact) mass is 451 g/mol. The number of nitrogens with zero attached hydrogens (tertiary/aromatic N) is 1. The van der Waals surface area contributed by atoms with Gasteiger partial charge in [-0.05, 0) is 30.5 Å². The molecule has 3 rings (SSSR count). The minimum Gasteiger partial charge on any atom is -0.504 e. The van der Waals surface area contributed by atoms with Crippen LogP contribution in [0, 0.1) is 0 Å². The lowest BCUT2D eigenvalue weighted by Gasteiger charge is -2.17. The van der Waals surface area contributed by atoms with Gasteiger partial charge in [-0.2, -0.15) is 0 Å². The fourth-order valence-corrected chi connectivity index (χ4v) is 3.97. The number of pyridine rings is 1. The van der Waals surface area contributed by atoms with Gasteiger partial charge in [0.15, 0.2) is 5.75 Å². The maximum Gasteiger partial charge on any atom is 0.297 e. The Morgan fingerprint density at radius 2 is 1.58 bits per heavy atom. The van der Waals surface area contributed by atoms with E-state index in [1.54, 1.807) is 4.57 Å². The zero-order chi connectivity index (χ0) is 23.5. The van der Waals surface area contributed by atoms with Crippen molar-refractivity contribution in [2.45, 2.75) is 78.4 Å². The van der Waals surface area contributed by atoms with E-state index in [1.165, 1.54) is 0 Å². The fourth-order valence-electron chi connectivity index (χ4n) is 3.97. The molecule has 0 saturated heterocycles. The first-order chi connectivity index (χ1) is 16.2. The van der Waals surface area contributed by atoms with E-state index < -0.39 is 0 Å². The minimum atomic E-state index is -0.271. The molecule has 178 valence electrons. The number of benzene rings is 2. The van der Waals surface area contributed by atoms with Crippen LogP contribution in [0.3, 0.4) is 0 Å². The van der Waals surface area contributed by atoms with Gasteiger partial charge < -0.3 is 19.1 Å². The van der Waals surface area contributed by atoms with Gasteiger partial charge in [-0.3, -0.25) is 4.79 Å².